The summed E-state index contributed by atoms with van der Waals surface area (Å²) in [6, 6.07) is 1.86. The van der Waals surface area contributed by atoms with Crippen molar-refractivity contribution >= 4 is 5.97 Å². The number of rotatable bonds is 4. The van der Waals surface area contributed by atoms with Gasteiger partial charge in [0.05, 0.1) is 5.41 Å². The fourth-order valence-electron chi connectivity index (χ4n) is 2.62. The monoisotopic (exact) mass is 223 g/mol. The molecule has 0 bridgehead atoms. The molecular formula is C11H17N3O2. The molecule has 1 atom stereocenters. The van der Waals surface area contributed by atoms with Crippen LogP contribution in [0, 0.1) is 5.41 Å². The van der Waals surface area contributed by atoms with Gasteiger partial charge in [-0.2, -0.15) is 5.10 Å². The Balaban J connectivity index is 2.36. The number of hydrogen-bond acceptors (Lipinski definition) is 3. The molecule has 1 fully saturated rings. The summed E-state index contributed by atoms with van der Waals surface area (Å²) in [4.78, 5) is 11.4. The third kappa shape index (κ3) is 1.43. The van der Waals surface area contributed by atoms with Gasteiger partial charge in [0.15, 0.2) is 0 Å². The number of carboxylic acid groups (broad SMARTS) is 1. The molecule has 0 saturated heterocycles. The Morgan fingerprint density at radius 3 is 2.75 bits per heavy atom. The highest BCUT2D eigenvalue weighted by Gasteiger charge is 2.51. The standard InChI is InChI=1S/C11H17N3O2/c1-14-9(3-6-13-14)8(7-12)11(10(15)16)4-2-5-11/h3,6,8H,2,4-5,7,12H2,1H3,(H,15,16). The number of nitrogens with two attached hydrogens (primary N) is 1. The van der Waals surface area contributed by atoms with Crippen molar-refractivity contribution in [3.05, 3.63) is 18.0 Å². The molecule has 0 radical (unpaired) electrons. The molecule has 88 valence electrons. The van der Waals surface area contributed by atoms with Gasteiger partial charge in [-0.25, -0.2) is 0 Å². The zero-order valence-electron chi connectivity index (χ0n) is 9.39. The lowest BCUT2D eigenvalue weighted by molar-refractivity contribution is -0.156. The van der Waals surface area contributed by atoms with Gasteiger partial charge in [-0.15, -0.1) is 0 Å². The molecule has 0 aliphatic heterocycles. The van der Waals surface area contributed by atoms with Gasteiger partial charge in [-0.05, 0) is 18.9 Å². The van der Waals surface area contributed by atoms with Crippen molar-refractivity contribution < 1.29 is 9.90 Å². The summed E-state index contributed by atoms with van der Waals surface area (Å²) < 4.78 is 1.72. The second-order valence-corrected chi connectivity index (χ2v) is 4.48. The summed E-state index contributed by atoms with van der Waals surface area (Å²) in [6.45, 7) is 0.353. The van der Waals surface area contributed by atoms with Crippen LogP contribution in [0.5, 0.6) is 0 Å². The maximum atomic E-state index is 11.4. The third-order valence-corrected chi connectivity index (χ3v) is 3.79. The topological polar surface area (TPSA) is 81.1 Å². The fraction of sp³-hybridized carbons (Fsp3) is 0.636. The normalized spacial score (nSPS) is 20.1. The molecule has 0 amide bonds. The molecule has 1 unspecified atom stereocenters. The van der Waals surface area contributed by atoms with E-state index < -0.39 is 11.4 Å². The minimum atomic E-state index is -0.726. The van der Waals surface area contributed by atoms with E-state index in [0.29, 0.717) is 6.54 Å². The van der Waals surface area contributed by atoms with Crippen molar-refractivity contribution in [3.63, 3.8) is 0 Å². The first kappa shape index (κ1) is 11.1. The van der Waals surface area contributed by atoms with E-state index in [-0.39, 0.29) is 5.92 Å². The Bertz CT molecular complexity index is 396. The predicted molar refractivity (Wildman–Crippen MR) is 58.9 cm³/mol. The summed E-state index contributed by atoms with van der Waals surface area (Å²) in [5.74, 6) is -0.860. The molecule has 2 rings (SSSR count). The molecule has 16 heavy (non-hydrogen) atoms. The summed E-state index contributed by atoms with van der Waals surface area (Å²) >= 11 is 0. The maximum absolute atomic E-state index is 11.4. The Kier molecular flexibility index (Phi) is 2.71. The van der Waals surface area contributed by atoms with E-state index in [1.54, 1.807) is 10.9 Å². The van der Waals surface area contributed by atoms with Gasteiger partial charge in [0, 0.05) is 31.4 Å². The van der Waals surface area contributed by atoms with Crippen LogP contribution in [-0.4, -0.2) is 27.4 Å². The average molecular weight is 223 g/mol. The molecular weight excluding hydrogens is 206 g/mol. The van der Waals surface area contributed by atoms with Crippen LogP contribution in [0.1, 0.15) is 30.9 Å². The highest BCUT2D eigenvalue weighted by atomic mass is 16.4. The quantitative estimate of drug-likeness (QED) is 0.788. The van der Waals surface area contributed by atoms with Crippen LogP contribution in [0.15, 0.2) is 12.3 Å². The first-order chi connectivity index (χ1) is 7.62. The zero-order chi connectivity index (χ0) is 11.8. The van der Waals surface area contributed by atoms with Crippen LogP contribution >= 0.6 is 0 Å². The Morgan fingerprint density at radius 1 is 1.75 bits per heavy atom. The van der Waals surface area contributed by atoms with E-state index in [4.69, 9.17) is 5.73 Å². The van der Waals surface area contributed by atoms with Crippen LogP contribution in [-0.2, 0) is 11.8 Å². The van der Waals surface area contributed by atoms with Gasteiger partial charge in [0.2, 0.25) is 0 Å². The van der Waals surface area contributed by atoms with Crippen molar-refractivity contribution in [1.82, 2.24) is 9.78 Å². The molecule has 0 spiro atoms. The van der Waals surface area contributed by atoms with Crippen molar-refractivity contribution in [1.29, 1.82) is 0 Å². The Morgan fingerprint density at radius 2 is 2.44 bits per heavy atom. The number of nitrogens with zero attached hydrogens (tertiary/aromatic N) is 2. The van der Waals surface area contributed by atoms with Crippen molar-refractivity contribution in [2.45, 2.75) is 25.2 Å². The molecule has 1 aromatic rings. The molecule has 1 aromatic heterocycles. The summed E-state index contributed by atoms with van der Waals surface area (Å²) in [5, 5.41) is 13.5. The van der Waals surface area contributed by atoms with Crippen LogP contribution in [0.2, 0.25) is 0 Å². The molecule has 1 heterocycles. The molecule has 3 N–H and O–H groups in total. The minimum absolute atomic E-state index is 0.133. The van der Waals surface area contributed by atoms with E-state index in [0.717, 1.165) is 25.0 Å². The number of aliphatic carboxylic acids is 1. The van der Waals surface area contributed by atoms with E-state index in [2.05, 4.69) is 5.10 Å². The predicted octanol–water partition coefficient (Wildman–Crippen LogP) is 0.717. The van der Waals surface area contributed by atoms with Gasteiger partial charge in [0.25, 0.3) is 0 Å². The smallest absolute Gasteiger partial charge is 0.310 e. The molecule has 5 nitrogen and oxygen atoms in total. The SMILES string of the molecule is Cn1nccc1C(CN)C1(C(=O)O)CCC1. The van der Waals surface area contributed by atoms with E-state index in [1.165, 1.54) is 0 Å². The van der Waals surface area contributed by atoms with Gasteiger partial charge >= 0.3 is 5.97 Å². The number of aromatic nitrogens is 2. The van der Waals surface area contributed by atoms with Crippen molar-refractivity contribution in [2.24, 2.45) is 18.2 Å². The molecule has 1 saturated carbocycles. The van der Waals surface area contributed by atoms with Crippen molar-refractivity contribution in [3.8, 4) is 0 Å². The van der Waals surface area contributed by atoms with Crippen LogP contribution in [0.25, 0.3) is 0 Å². The fourth-order valence-corrected chi connectivity index (χ4v) is 2.62. The third-order valence-electron chi connectivity index (χ3n) is 3.79. The Labute approximate surface area is 94.2 Å². The van der Waals surface area contributed by atoms with Gasteiger partial charge in [-0.1, -0.05) is 6.42 Å². The number of carboxylic acids is 1. The van der Waals surface area contributed by atoms with E-state index in [9.17, 15) is 9.90 Å². The molecule has 0 aromatic carbocycles. The first-order valence-electron chi connectivity index (χ1n) is 5.53. The Hall–Kier alpha value is -1.36. The van der Waals surface area contributed by atoms with Crippen LogP contribution in [0.4, 0.5) is 0 Å². The minimum Gasteiger partial charge on any atom is -0.481 e. The van der Waals surface area contributed by atoms with Crippen LogP contribution in [0.3, 0.4) is 0 Å². The molecule has 1 aliphatic rings. The number of carbonyl (C=O) groups is 1. The van der Waals surface area contributed by atoms with Crippen molar-refractivity contribution in [2.75, 3.05) is 6.54 Å². The van der Waals surface area contributed by atoms with E-state index >= 15 is 0 Å². The molecule has 5 heteroatoms. The summed E-state index contributed by atoms with van der Waals surface area (Å²) in [6.07, 6.45) is 4.09. The highest BCUT2D eigenvalue weighted by Crippen LogP contribution is 2.51. The number of aryl methyl sites for hydroxylation is 1. The first-order valence-corrected chi connectivity index (χ1v) is 5.53. The second-order valence-electron chi connectivity index (χ2n) is 4.48. The van der Waals surface area contributed by atoms with Crippen LogP contribution < -0.4 is 5.73 Å². The number of hydrogen-bond donors (Lipinski definition) is 2. The largest absolute Gasteiger partial charge is 0.481 e. The highest BCUT2D eigenvalue weighted by molar-refractivity contribution is 5.77. The average Bonchev–Trinajstić information content (AvgIpc) is 2.57. The van der Waals surface area contributed by atoms with Gasteiger partial charge in [-0.3, -0.25) is 9.48 Å². The van der Waals surface area contributed by atoms with E-state index in [1.807, 2.05) is 13.1 Å². The summed E-state index contributed by atoms with van der Waals surface area (Å²) in [7, 11) is 1.83. The molecule has 1 aliphatic carbocycles. The maximum Gasteiger partial charge on any atom is 0.310 e. The lowest BCUT2D eigenvalue weighted by Gasteiger charge is -2.43. The van der Waals surface area contributed by atoms with Gasteiger partial charge < -0.3 is 10.8 Å². The lowest BCUT2D eigenvalue weighted by atomic mass is 9.60. The zero-order valence-corrected chi connectivity index (χ0v) is 9.39. The second kappa shape index (κ2) is 3.90. The van der Waals surface area contributed by atoms with Gasteiger partial charge in [0.1, 0.15) is 0 Å². The summed E-state index contributed by atoms with van der Waals surface area (Å²) in [5.41, 5.74) is 6.02. The lowest BCUT2D eigenvalue weighted by Crippen LogP contribution is -2.46.